The molecule has 0 fully saturated rings. The Kier molecular flexibility index (Phi) is 5.02. The third-order valence-corrected chi connectivity index (χ3v) is 5.25. The lowest BCUT2D eigenvalue weighted by Gasteiger charge is -2.29. The minimum absolute atomic E-state index is 0.0726. The highest BCUT2D eigenvalue weighted by Gasteiger charge is 2.29. The van der Waals surface area contributed by atoms with Crippen LogP contribution in [-0.4, -0.2) is 30.9 Å². The summed E-state index contributed by atoms with van der Waals surface area (Å²) in [4.78, 5) is 29.6. The van der Waals surface area contributed by atoms with Gasteiger partial charge in [0.05, 0.1) is 11.8 Å². The van der Waals surface area contributed by atoms with Crippen LogP contribution in [0.2, 0.25) is 0 Å². The Balaban J connectivity index is 2.06. The summed E-state index contributed by atoms with van der Waals surface area (Å²) >= 11 is 0. The zero-order valence-corrected chi connectivity index (χ0v) is 16.3. The van der Waals surface area contributed by atoms with E-state index in [2.05, 4.69) is 11.9 Å². The van der Waals surface area contributed by atoms with Crippen LogP contribution >= 0.6 is 0 Å². The van der Waals surface area contributed by atoms with E-state index in [4.69, 9.17) is 5.10 Å². The molecule has 1 aliphatic heterocycles. The number of fused-ring (bicyclic) bond motifs is 3. The van der Waals surface area contributed by atoms with Crippen molar-refractivity contribution in [2.24, 2.45) is 19.2 Å². The zero-order chi connectivity index (χ0) is 19.0. The fraction of sp³-hybridized carbons (Fsp3) is 0.667. The normalized spacial score (nSPS) is 16.9. The molecule has 26 heavy (non-hydrogen) atoms. The number of rotatable bonds is 6. The van der Waals surface area contributed by atoms with Crippen molar-refractivity contribution in [1.82, 2.24) is 18.7 Å². The van der Waals surface area contributed by atoms with Crippen molar-refractivity contribution in [2.75, 3.05) is 11.6 Å². The number of hydrogen-bond acceptors (Lipinski definition) is 5. The van der Waals surface area contributed by atoms with Gasteiger partial charge in [0.15, 0.2) is 11.2 Å². The summed E-state index contributed by atoms with van der Waals surface area (Å²) in [7, 11) is 3.15. The maximum atomic E-state index is 12.8. The van der Waals surface area contributed by atoms with Gasteiger partial charge in [0.2, 0.25) is 5.95 Å². The van der Waals surface area contributed by atoms with Crippen LogP contribution in [-0.2, 0) is 14.1 Å². The minimum atomic E-state index is -0.366. The summed E-state index contributed by atoms with van der Waals surface area (Å²) < 4.78 is 4.50. The van der Waals surface area contributed by atoms with Gasteiger partial charge in [-0.1, -0.05) is 32.6 Å². The SMILES string of the molecule is CCCCCCCN1N=C(C)[C@@H](C)n2c1nc1c2c(=O)n(C)c(=O)n1C. The lowest BCUT2D eigenvalue weighted by Crippen LogP contribution is -2.38. The lowest BCUT2D eigenvalue weighted by atomic mass is 10.1. The number of aryl methyl sites for hydroxylation is 1. The molecule has 0 saturated heterocycles. The van der Waals surface area contributed by atoms with Crippen LogP contribution in [0.3, 0.4) is 0 Å². The second-order valence-corrected chi connectivity index (χ2v) is 7.11. The average molecular weight is 360 g/mol. The van der Waals surface area contributed by atoms with Gasteiger partial charge in [-0.3, -0.25) is 18.5 Å². The Morgan fingerprint density at radius 1 is 1.04 bits per heavy atom. The number of hydrazone groups is 1. The number of aromatic nitrogens is 4. The Bertz CT molecular complexity index is 965. The van der Waals surface area contributed by atoms with Crippen molar-refractivity contribution in [3.05, 3.63) is 20.8 Å². The van der Waals surface area contributed by atoms with Crippen LogP contribution in [0.15, 0.2) is 14.7 Å². The van der Waals surface area contributed by atoms with E-state index in [1.807, 2.05) is 23.4 Å². The molecule has 8 nitrogen and oxygen atoms in total. The van der Waals surface area contributed by atoms with Crippen molar-refractivity contribution in [3.63, 3.8) is 0 Å². The predicted octanol–water partition coefficient (Wildman–Crippen LogP) is 2.16. The molecule has 0 bridgehead atoms. The Labute approximate surface area is 152 Å². The van der Waals surface area contributed by atoms with Gasteiger partial charge in [-0.25, -0.2) is 9.80 Å². The van der Waals surface area contributed by atoms with Gasteiger partial charge < -0.3 is 0 Å². The summed E-state index contributed by atoms with van der Waals surface area (Å²) in [5.41, 5.74) is 1.13. The van der Waals surface area contributed by atoms with Gasteiger partial charge in [-0.15, -0.1) is 0 Å². The van der Waals surface area contributed by atoms with Crippen molar-refractivity contribution < 1.29 is 0 Å². The average Bonchev–Trinajstić information content (AvgIpc) is 3.03. The van der Waals surface area contributed by atoms with Crippen LogP contribution in [0, 0.1) is 0 Å². The summed E-state index contributed by atoms with van der Waals surface area (Å²) in [5.74, 6) is 0.645. The first-order valence-corrected chi connectivity index (χ1v) is 9.39. The Hall–Kier alpha value is -2.38. The number of hydrogen-bond donors (Lipinski definition) is 0. The summed E-state index contributed by atoms with van der Waals surface area (Å²) in [5, 5.41) is 6.57. The molecule has 0 radical (unpaired) electrons. The molecule has 1 atom stereocenters. The van der Waals surface area contributed by atoms with Crippen LogP contribution < -0.4 is 16.3 Å². The number of anilines is 1. The van der Waals surface area contributed by atoms with E-state index in [-0.39, 0.29) is 17.3 Å². The van der Waals surface area contributed by atoms with E-state index in [1.54, 1.807) is 7.05 Å². The second-order valence-electron chi connectivity index (χ2n) is 7.11. The maximum absolute atomic E-state index is 12.8. The van der Waals surface area contributed by atoms with E-state index >= 15 is 0 Å². The molecule has 3 rings (SSSR count). The van der Waals surface area contributed by atoms with Crippen molar-refractivity contribution in [2.45, 2.75) is 58.9 Å². The van der Waals surface area contributed by atoms with Crippen molar-refractivity contribution >= 4 is 22.8 Å². The standard InChI is InChI=1S/C18H28N6O2/c1-6-7-8-9-10-11-23-17-19-15-14(24(17)13(3)12(2)20-23)16(25)22(5)18(26)21(15)4/h13H,6-11H2,1-5H3/t13-/m1/s1. The van der Waals surface area contributed by atoms with E-state index in [0.717, 1.165) is 29.7 Å². The molecule has 2 aromatic heterocycles. The highest BCUT2D eigenvalue weighted by atomic mass is 16.2. The summed E-state index contributed by atoms with van der Waals surface area (Å²) in [6.07, 6.45) is 5.84. The van der Waals surface area contributed by atoms with Crippen LogP contribution in [0.5, 0.6) is 0 Å². The topological polar surface area (TPSA) is 77.4 Å². The molecule has 1 aliphatic rings. The fourth-order valence-corrected chi connectivity index (χ4v) is 3.47. The largest absolute Gasteiger partial charge is 0.332 e. The predicted molar refractivity (Wildman–Crippen MR) is 104 cm³/mol. The first-order chi connectivity index (χ1) is 12.4. The Morgan fingerprint density at radius 3 is 2.42 bits per heavy atom. The molecule has 0 spiro atoms. The van der Waals surface area contributed by atoms with Gasteiger partial charge >= 0.3 is 5.69 Å². The molecule has 142 valence electrons. The van der Waals surface area contributed by atoms with E-state index < -0.39 is 0 Å². The number of unbranched alkanes of at least 4 members (excludes halogenated alkanes) is 4. The first kappa shape index (κ1) is 18.4. The molecule has 0 N–H and O–H groups in total. The third kappa shape index (κ3) is 2.87. The zero-order valence-electron chi connectivity index (χ0n) is 16.3. The second kappa shape index (κ2) is 7.09. The van der Waals surface area contributed by atoms with Gasteiger partial charge in [0, 0.05) is 20.6 Å². The van der Waals surface area contributed by atoms with Crippen LogP contribution in [0.25, 0.3) is 11.2 Å². The molecule has 8 heteroatoms. The highest BCUT2D eigenvalue weighted by molar-refractivity contribution is 5.90. The molecule has 0 saturated carbocycles. The van der Waals surface area contributed by atoms with Gasteiger partial charge in [-0.2, -0.15) is 10.1 Å². The molecular weight excluding hydrogens is 332 g/mol. The summed E-state index contributed by atoms with van der Waals surface area (Å²) in [6, 6.07) is -0.0726. The van der Waals surface area contributed by atoms with Crippen LogP contribution in [0.1, 0.15) is 58.9 Å². The molecular formula is C18H28N6O2. The number of nitrogens with zero attached hydrogens (tertiary/aromatic N) is 6. The molecule has 0 unspecified atom stereocenters. The van der Waals surface area contributed by atoms with Crippen LogP contribution in [0.4, 0.5) is 5.95 Å². The highest BCUT2D eigenvalue weighted by Crippen LogP contribution is 2.29. The van der Waals surface area contributed by atoms with E-state index in [1.165, 1.54) is 30.9 Å². The fourth-order valence-electron chi connectivity index (χ4n) is 3.47. The van der Waals surface area contributed by atoms with E-state index in [0.29, 0.717) is 17.1 Å². The monoisotopic (exact) mass is 360 g/mol. The van der Waals surface area contributed by atoms with Gasteiger partial charge in [0.1, 0.15) is 0 Å². The molecule has 0 aromatic carbocycles. The van der Waals surface area contributed by atoms with Crippen molar-refractivity contribution in [1.29, 1.82) is 0 Å². The molecule has 0 amide bonds. The Morgan fingerprint density at radius 2 is 1.73 bits per heavy atom. The van der Waals surface area contributed by atoms with Gasteiger partial charge in [0.25, 0.3) is 5.56 Å². The summed E-state index contributed by atoms with van der Waals surface area (Å²) in [6.45, 7) is 6.93. The quantitative estimate of drug-likeness (QED) is 0.740. The lowest BCUT2D eigenvalue weighted by molar-refractivity contribution is 0.590. The minimum Gasteiger partial charge on any atom is -0.294 e. The molecule has 3 heterocycles. The third-order valence-electron chi connectivity index (χ3n) is 5.25. The number of imidazole rings is 1. The maximum Gasteiger partial charge on any atom is 0.332 e. The molecule has 2 aromatic rings. The van der Waals surface area contributed by atoms with Gasteiger partial charge in [-0.05, 0) is 20.3 Å². The smallest absolute Gasteiger partial charge is 0.294 e. The molecule has 0 aliphatic carbocycles. The first-order valence-electron chi connectivity index (χ1n) is 9.39. The van der Waals surface area contributed by atoms with Crippen molar-refractivity contribution in [3.8, 4) is 0 Å². The van der Waals surface area contributed by atoms with E-state index in [9.17, 15) is 9.59 Å².